The minimum atomic E-state index is -0.511. The van der Waals surface area contributed by atoms with Crippen LogP contribution in [0.2, 0.25) is 5.02 Å². The van der Waals surface area contributed by atoms with Gasteiger partial charge < -0.3 is 14.5 Å². The van der Waals surface area contributed by atoms with Gasteiger partial charge in [-0.15, -0.1) is 10.2 Å². The van der Waals surface area contributed by atoms with Gasteiger partial charge in [0.2, 0.25) is 0 Å². The average Bonchev–Trinajstić information content (AvgIpc) is 3.08. The predicted octanol–water partition coefficient (Wildman–Crippen LogP) is 3.96. The van der Waals surface area contributed by atoms with Crippen molar-refractivity contribution in [1.82, 2.24) is 10.2 Å². The van der Waals surface area contributed by atoms with E-state index in [4.69, 9.17) is 20.8 Å². The van der Waals surface area contributed by atoms with Crippen LogP contribution in [0.4, 0.5) is 5.69 Å². The standard InChI is InChI=1S/C17H14ClN3O3/c1-10-7-8-11(9-13(10)18)19-15(22)17-21-20-16(24-17)12-5-3-4-6-14(12)23-2/h3-9H,1-2H3,(H,19,22). The summed E-state index contributed by atoms with van der Waals surface area (Å²) < 4.78 is 10.7. The predicted molar refractivity (Wildman–Crippen MR) is 90.4 cm³/mol. The van der Waals surface area contributed by atoms with Crippen LogP contribution in [0.15, 0.2) is 46.9 Å². The van der Waals surface area contributed by atoms with Crippen LogP contribution in [0.5, 0.6) is 5.75 Å². The molecule has 0 saturated carbocycles. The second-order valence-electron chi connectivity index (χ2n) is 5.03. The molecule has 0 unspecified atom stereocenters. The molecule has 0 atom stereocenters. The molecule has 6 nitrogen and oxygen atoms in total. The van der Waals surface area contributed by atoms with Gasteiger partial charge in [-0.3, -0.25) is 4.79 Å². The van der Waals surface area contributed by atoms with Crippen molar-refractivity contribution in [2.45, 2.75) is 6.92 Å². The molecule has 0 aliphatic rings. The highest BCUT2D eigenvalue weighted by atomic mass is 35.5. The molecular formula is C17H14ClN3O3. The molecular weight excluding hydrogens is 330 g/mol. The summed E-state index contributed by atoms with van der Waals surface area (Å²) >= 11 is 6.04. The molecule has 1 heterocycles. The van der Waals surface area contributed by atoms with Crippen molar-refractivity contribution in [2.24, 2.45) is 0 Å². The zero-order valence-corrected chi connectivity index (χ0v) is 13.8. The molecule has 0 fully saturated rings. The lowest BCUT2D eigenvalue weighted by molar-refractivity contribution is 0.0991. The third kappa shape index (κ3) is 3.23. The number of hydrogen-bond donors (Lipinski definition) is 1. The molecule has 3 rings (SSSR count). The smallest absolute Gasteiger partial charge is 0.313 e. The third-order valence-corrected chi connectivity index (χ3v) is 3.79. The Morgan fingerprint density at radius 2 is 2.00 bits per heavy atom. The number of hydrogen-bond acceptors (Lipinski definition) is 5. The van der Waals surface area contributed by atoms with Gasteiger partial charge in [-0.1, -0.05) is 29.8 Å². The summed E-state index contributed by atoms with van der Waals surface area (Å²) in [5.74, 6) is 0.133. The van der Waals surface area contributed by atoms with Gasteiger partial charge in [0, 0.05) is 10.7 Å². The molecule has 0 saturated heterocycles. The first-order chi connectivity index (χ1) is 11.6. The van der Waals surface area contributed by atoms with Crippen LogP contribution >= 0.6 is 11.6 Å². The first-order valence-corrected chi connectivity index (χ1v) is 7.50. The number of rotatable bonds is 4. The van der Waals surface area contributed by atoms with Crippen molar-refractivity contribution in [1.29, 1.82) is 0 Å². The van der Waals surface area contributed by atoms with Crippen molar-refractivity contribution in [3.63, 3.8) is 0 Å². The second kappa shape index (κ2) is 6.72. The fraction of sp³-hybridized carbons (Fsp3) is 0.118. The highest BCUT2D eigenvalue weighted by molar-refractivity contribution is 6.31. The van der Waals surface area contributed by atoms with Crippen LogP contribution in [-0.4, -0.2) is 23.2 Å². The molecule has 24 heavy (non-hydrogen) atoms. The number of halogens is 1. The zero-order chi connectivity index (χ0) is 17.1. The summed E-state index contributed by atoms with van der Waals surface area (Å²) in [7, 11) is 1.55. The first-order valence-electron chi connectivity index (χ1n) is 7.13. The number of aryl methyl sites for hydroxylation is 1. The van der Waals surface area contributed by atoms with E-state index in [0.717, 1.165) is 5.56 Å². The second-order valence-corrected chi connectivity index (χ2v) is 5.44. The monoisotopic (exact) mass is 343 g/mol. The van der Waals surface area contributed by atoms with Gasteiger partial charge in [0.1, 0.15) is 5.75 Å². The minimum absolute atomic E-state index is 0.146. The lowest BCUT2D eigenvalue weighted by atomic mass is 10.2. The summed E-state index contributed by atoms with van der Waals surface area (Å²) in [6.45, 7) is 1.88. The van der Waals surface area contributed by atoms with Gasteiger partial charge in [0.25, 0.3) is 5.89 Å². The SMILES string of the molecule is COc1ccccc1-c1nnc(C(=O)Nc2ccc(C)c(Cl)c2)o1. The van der Waals surface area contributed by atoms with E-state index in [1.165, 1.54) is 0 Å². The van der Waals surface area contributed by atoms with Crippen molar-refractivity contribution in [2.75, 3.05) is 12.4 Å². The number of ether oxygens (including phenoxy) is 1. The quantitative estimate of drug-likeness (QED) is 0.775. The van der Waals surface area contributed by atoms with E-state index in [1.54, 1.807) is 31.4 Å². The molecule has 7 heteroatoms. The molecule has 1 amide bonds. The Morgan fingerprint density at radius 3 is 2.75 bits per heavy atom. The van der Waals surface area contributed by atoms with Crippen LogP contribution in [0, 0.1) is 6.92 Å². The van der Waals surface area contributed by atoms with E-state index < -0.39 is 5.91 Å². The summed E-state index contributed by atoms with van der Waals surface area (Å²) in [5.41, 5.74) is 2.09. The summed E-state index contributed by atoms with van der Waals surface area (Å²) in [6.07, 6.45) is 0. The molecule has 0 bridgehead atoms. The summed E-state index contributed by atoms with van der Waals surface area (Å²) in [5, 5.41) is 10.9. The Labute approximate surface area is 143 Å². The summed E-state index contributed by atoms with van der Waals surface area (Å²) in [6, 6.07) is 12.4. The van der Waals surface area contributed by atoms with Gasteiger partial charge in [0.15, 0.2) is 0 Å². The number of carbonyl (C=O) groups is 1. The maximum Gasteiger partial charge on any atom is 0.313 e. The lowest BCUT2D eigenvalue weighted by Gasteiger charge is -2.05. The van der Waals surface area contributed by atoms with E-state index in [-0.39, 0.29) is 11.8 Å². The van der Waals surface area contributed by atoms with Crippen molar-refractivity contribution < 1.29 is 13.9 Å². The van der Waals surface area contributed by atoms with Crippen LogP contribution < -0.4 is 10.1 Å². The number of carbonyl (C=O) groups excluding carboxylic acids is 1. The van der Waals surface area contributed by atoms with Gasteiger partial charge in [0.05, 0.1) is 12.7 Å². The van der Waals surface area contributed by atoms with Gasteiger partial charge in [-0.2, -0.15) is 0 Å². The number of para-hydroxylation sites is 1. The first kappa shape index (κ1) is 16.0. The Balaban J connectivity index is 1.82. The molecule has 0 aliphatic heterocycles. The van der Waals surface area contributed by atoms with Crippen molar-refractivity contribution in [3.8, 4) is 17.2 Å². The largest absolute Gasteiger partial charge is 0.496 e. The van der Waals surface area contributed by atoms with Crippen LogP contribution in [0.25, 0.3) is 11.5 Å². The van der Waals surface area contributed by atoms with E-state index in [0.29, 0.717) is 22.0 Å². The maximum atomic E-state index is 12.2. The van der Waals surface area contributed by atoms with Crippen LogP contribution in [-0.2, 0) is 0 Å². The minimum Gasteiger partial charge on any atom is -0.496 e. The fourth-order valence-corrected chi connectivity index (χ4v) is 2.28. The zero-order valence-electron chi connectivity index (χ0n) is 13.0. The third-order valence-electron chi connectivity index (χ3n) is 3.39. The number of amides is 1. The molecule has 1 aromatic heterocycles. The van der Waals surface area contributed by atoms with Gasteiger partial charge >= 0.3 is 11.8 Å². The molecule has 2 aromatic carbocycles. The average molecular weight is 344 g/mol. The number of nitrogens with zero attached hydrogens (tertiary/aromatic N) is 2. The Morgan fingerprint density at radius 1 is 1.21 bits per heavy atom. The summed E-state index contributed by atoms with van der Waals surface area (Å²) in [4.78, 5) is 12.2. The van der Waals surface area contributed by atoms with E-state index in [1.807, 2.05) is 25.1 Å². The normalized spacial score (nSPS) is 10.5. The highest BCUT2D eigenvalue weighted by Gasteiger charge is 2.18. The number of anilines is 1. The highest BCUT2D eigenvalue weighted by Crippen LogP contribution is 2.28. The number of nitrogens with one attached hydrogen (secondary N) is 1. The van der Waals surface area contributed by atoms with E-state index >= 15 is 0 Å². The number of aromatic nitrogens is 2. The molecule has 3 aromatic rings. The molecule has 1 N–H and O–H groups in total. The Bertz CT molecular complexity index is 892. The van der Waals surface area contributed by atoms with Crippen LogP contribution in [0.1, 0.15) is 16.2 Å². The maximum absolute atomic E-state index is 12.2. The Hall–Kier alpha value is -2.86. The van der Waals surface area contributed by atoms with Crippen molar-refractivity contribution >= 4 is 23.2 Å². The molecule has 0 aliphatic carbocycles. The number of methoxy groups -OCH3 is 1. The van der Waals surface area contributed by atoms with E-state index in [2.05, 4.69) is 15.5 Å². The molecule has 122 valence electrons. The number of benzene rings is 2. The topological polar surface area (TPSA) is 77.2 Å². The molecule has 0 radical (unpaired) electrons. The van der Waals surface area contributed by atoms with E-state index in [9.17, 15) is 4.79 Å². The Kier molecular flexibility index (Phi) is 4.48. The van der Waals surface area contributed by atoms with Gasteiger partial charge in [-0.05, 0) is 36.8 Å². The lowest BCUT2D eigenvalue weighted by Crippen LogP contribution is -2.12. The fourth-order valence-electron chi connectivity index (χ4n) is 2.10. The molecule has 0 spiro atoms. The van der Waals surface area contributed by atoms with Gasteiger partial charge in [-0.25, -0.2) is 0 Å². The van der Waals surface area contributed by atoms with Crippen molar-refractivity contribution in [3.05, 3.63) is 58.9 Å². The van der Waals surface area contributed by atoms with Crippen LogP contribution in [0.3, 0.4) is 0 Å².